The number of oxime groups is 1. The molecule has 1 N–H and O–H groups in total. The Labute approximate surface area is 130 Å². The molecule has 3 heterocycles. The topological polar surface area (TPSA) is 98.1 Å². The van der Waals surface area contributed by atoms with Gasteiger partial charge in [0.2, 0.25) is 11.7 Å². The molecule has 0 fully saturated rings. The van der Waals surface area contributed by atoms with Crippen molar-refractivity contribution < 1.29 is 18.6 Å². The maximum Gasteiger partial charge on any atom is 0.204 e. The average Bonchev–Trinajstić information content (AvgIpc) is 3.21. The van der Waals surface area contributed by atoms with Crippen molar-refractivity contribution in [2.24, 2.45) is 5.16 Å². The van der Waals surface area contributed by atoms with Crippen LogP contribution < -0.4 is 5.32 Å². The molecule has 0 saturated heterocycles. The van der Waals surface area contributed by atoms with E-state index in [9.17, 15) is 0 Å². The van der Waals surface area contributed by atoms with E-state index in [2.05, 4.69) is 20.8 Å². The molecule has 0 unspecified atom stereocenters. The summed E-state index contributed by atoms with van der Waals surface area (Å²) in [6, 6.07) is 1.73. The molecule has 1 aliphatic rings. The average molecular weight is 328 g/mol. The van der Waals surface area contributed by atoms with Gasteiger partial charge in [-0.05, 0) is 10.3 Å². The highest BCUT2D eigenvalue weighted by atomic mass is 35.5. The number of nitrogens with one attached hydrogen (secondary N) is 1. The number of ether oxygens (including phenoxy) is 1. The van der Waals surface area contributed by atoms with Crippen LogP contribution in [-0.4, -0.2) is 48.0 Å². The van der Waals surface area contributed by atoms with E-state index in [0.29, 0.717) is 47.8 Å². The van der Waals surface area contributed by atoms with Gasteiger partial charge in [0.05, 0.1) is 18.2 Å². The lowest BCUT2D eigenvalue weighted by Gasteiger charge is -2.14. The summed E-state index contributed by atoms with van der Waals surface area (Å²) < 4.78 is 15.1. The van der Waals surface area contributed by atoms with Gasteiger partial charge in [0.25, 0.3) is 0 Å². The Morgan fingerprint density at radius 1 is 1.45 bits per heavy atom. The quantitative estimate of drug-likeness (QED) is 0.764. The van der Waals surface area contributed by atoms with E-state index in [4.69, 9.17) is 30.2 Å². The van der Waals surface area contributed by atoms with Crippen molar-refractivity contribution in [3.63, 3.8) is 0 Å². The van der Waals surface area contributed by atoms with Crippen molar-refractivity contribution in [2.45, 2.75) is 6.54 Å². The number of methoxy groups -OCH3 is 1. The molecule has 1 aliphatic heterocycles. The van der Waals surface area contributed by atoms with Crippen molar-refractivity contribution in [3.05, 3.63) is 28.8 Å². The Morgan fingerprint density at radius 3 is 3.14 bits per heavy atom. The van der Waals surface area contributed by atoms with E-state index in [1.54, 1.807) is 13.2 Å². The molecule has 2 aromatic rings. The smallest absolute Gasteiger partial charge is 0.204 e. The third-order valence-electron chi connectivity index (χ3n) is 2.93. The van der Waals surface area contributed by atoms with Crippen LogP contribution in [0.25, 0.3) is 0 Å². The second-order valence-corrected chi connectivity index (χ2v) is 4.92. The van der Waals surface area contributed by atoms with E-state index >= 15 is 0 Å². The largest absolute Gasteiger partial charge is 0.466 e. The lowest BCUT2D eigenvalue weighted by Crippen LogP contribution is -2.28. The zero-order chi connectivity index (χ0) is 15.4. The minimum absolute atomic E-state index is 0.276. The van der Waals surface area contributed by atoms with Crippen molar-refractivity contribution in [3.8, 4) is 0 Å². The molecule has 2 aromatic heterocycles. The molecule has 0 aromatic carbocycles. The number of hydrogen-bond donors (Lipinski definition) is 1. The summed E-state index contributed by atoms with van der Waals surface area (Å²) in [7, 11) is 1.62. The van der Waals surface area contributed by atoms with Gasteiger partial charge < -0.3 is 24.2 Å². The SMILES string of the molecule is COCCNc1nonc1C1=NOCN1Cc1cc(Cl)co1. The molecular weight excluding hydrogens is 314 g/mol. The second-order valence-electron chi connectivity index (χ2n) is 4.48. The van der Waals surface area contributed by atoms with Crippen molar-refractivity contribution in [1.29, 1.82) is 0 Å². The van der Waals surface area contributed by atoms with Crippen LogP contribution >= 0.6 is 11.6 Å². The number of aromatic nitrogens is 2. The second kappa shape index (κ2) is 6.67. The molecule has 0 spiro atoms. The molecule has 0 saturated carbocycles. The maximum atomic E-state index is 5.85. The van der Waals surface area contributed by atoms with Gasteiger partial charge in [-0.15, -0.1) is 0 Å². The Morgan fingerprint density at radius 2 is 2.36 bits per heavy atom. The van der Waals surface area contributed by atoms with Gasteiger partial charge in [-0.25, -0.2) is 4.63 Å². The minimum Gasteiger partial charge on any atom is -0.466 e. The van der Waals surface area contributed by atoms with Crippen molar-refractivity contribution >= 4 is 23.3 Å². The Bertz CT molecular complexity index is 655. The van der Waals surface area contributed by atoms with Gasteiger partial charge in [0.1, 0.15) is 12.0 Å². The van der Waals surface area contributed by atoms with E-state index in [0.717, 1.165) is 0 Å². The summed E-state index contributed by atoms with van der Waals surface area (Å²) in [6.07, 6.45) is 1.47. The first-order valence-electron chi connectivity index (χ1n) is 6.51. The molecule has 0 bridgehead atoms. The van der Waals surface area contributed by atoms with Gasteiger partial charge >= 0.3 is 0 Å². The van der Waals surface area contributed by atoms with Crippen molar-refractivity contribution in [1.82, 2.24) is 15.2 Å². The highest BCUT2D eigenvalue weighted by molar-refractivity contribution is 6.30. The molecular formula is C12H14ClN5O4. The molecule has 9 nitrogen and oxygen atoms in total. The fourth-order valence-electron chi connectivity index (χ4n) is 1.94. The molecule has 0 radical (unpaired) electrons. The lowest BCUT2D eigenvalue weighted by molar-refractivity contribution is 0.104. The maximum absolute atomic E-state index is 5.85. The summed E-state index contributed by atoms with van der Waals surface area (Å²) in [6.45, 7) is 1.82. The molecule has 0 atom stereocenters. The summed E-state index contributed by atoms with van der Waals surface area (Å²) in [5, 5.41) is 15.3. The Balaban J connectivity index is 1.71. The summed E-state index contributed by atoms with van der Waals surface area (Å²) >= 11 is 5.85. The van der Waals surface area contributed by atoms with Gasteiger partial charge in [0, 0.05) is 19.7 Å². The van der Waals surface area contributed by atoms with E-state index in [1.807, 2.05) is 4.90 Å². The highest BCUT2D eigenvalue weighted by Crippen LogP contribution is 2.21. The first kappa shape index (κ1) is 14.7. The van der Waals surface area contributed by atoms with Crippen LogP contribution in [0.5, 0.6) is 0 Å². The normalized spacial score (nSPS) is 14.1. The van der Waals surface area contributed by atoms with Gasteiger partial charge in [0.15, 0.2) is 12.4 Å². The number of anilines is 1. The predicted octanol–water partition coefficient (Wildman–Crippen LogP) is 1.53. The number of amidine groups is 1. The zero-order valence-corrected chi connectivity index (χ0v) is 12.5. The predicted molar refractivity (Wildman–Crippen MR) is 76.4 cm³/mol. The van der Waals surface area contributed by atoms with Crippen LogP contribution in [0.3, 0.4) is 0 Å². The summed E-state index contributed by atoms with van der Waals surface area (Å²) in [5.74, 6) is 1.67. The van der Waals surface area contributed by atoms with Crippen LogP contribution in [0, 0.1) is 0 Å². The minimum atomic E-state index is 0.276. The fourth-order valence-corrected chi connectivity index (χ4v) is 2.11. The van der Waals surface area contributed by atoms with Gasteiger partial charge in [-0.1, -0.05) is 16.8 Å². The monoisotopic (exact) mass is 327 g/mol. The number of nitrogens with zero attached hydrogens (tertiary/aromatic N) is 4. The summed E-state index contributed by atoms with van der Waals surface area (Å²) in [4.78, 5) is 6.96. The highest BCUT2D eigenvalue weighted by Gasteiger charge is 2.28. The molecule has 10 heteroatoms. The van der Waals surface area contributed by atoms with Crippen LogP contribution in [-0.2, 0) is 16.1 Å². The van der Waals surface area contributed by atoms with Crippen LogP contribution in [0.15, 0.2) is 26.5 Å². The van der Waals surface area contributed by atoms with E-state index in [-0.39, 0.29) is 6.73 Å². The van der Waals surface area contributed by atoms with Crippen molar-refractivity contribution in [2.75, 3.05) is 32.3 Å². The number of rotatable bonds is 7. The van der Waals surface area contributed by atoms with Gasteiger partial charge in [-0.3, -0.25) is 0 Å². The third kappa shape index (κ3) is 3.15. The first-order chi connectivity index (χ1) is 10.8. The molecule has 22 heavy (non-hydrogen) atoms. The molecule has 0 amide bonds. The standard InChI is InChI=1S/C12H14ClN5O4/c1-19-3-2-14-11-10(15-22-16-11)12-17-21-7-18(12)5-9-4-8(13)6-20-9/h4,6H,2-3,5,7H2,1H3,(H,14,16). The lowest BCUT2D eigenvalue weighted by atomic mass is 10.3. The van der Waals surface area contributed by atoms with Crippen LogP contribution in [0.2, 0.25) is 5.02 Å². The van der Waals surface area contributed by atoms with E-state index in [1.165, 1.54) is 6.26 Å². The molecule has 3 rings (SSSR count). The zero-order valence-electron chi connectivity index (χ0n) is 11.8. The Hall–Kier alpha value is -2.26. The number of hydrogen-bond acceptors (Lipinski definition) is 9. The van der Waals surface area contributed by atoms with Crippen LogP contribution in [0.4, 0.5) is 5.82 Å². The summed E-state index contributed by atoms with van der Waals surface area (Å²) in [5.41, 5.74) is 0.464. The van der Waals surface area contributed by atoms with Gasteiger partial charge in [-0.2, -0.15) is 0 Å². The number of halogens is 1. The van der Waals surface area contributed by atoms with Crippen LogP contribution in [0.1, 0.15) is 11.5 Å². The molecule has 118 valence electrons. The number of furan rings is 1. The molecule has 0 aliphatic carbocycles. The van der Waals surface area contributed by atoms with E-state index < -0.39 is 0 Å². The third-order valence-corrected chi connectivity index (χ3v) is 3.13. The Kier molecular flexibility index (Phi) is 4.45. The first-order valence-corrected chi connectivity index (χ1v) is 6.89. The fraction of sp³-hybridized carbons (Fsp3) is 0.417.